The normalized spacial score (nSPS) is 11.5. The van der Waals surface area contributed by atoms with Crippen molar-refractivity contribution in [3.8, 4) is 0 Å². The maximum Gasteiger partial charge on any atom is 0.250 e. The second-order valence-electron chi connectivity index (χ2n) is 4.08. The topological polar surface area (TPSA) is 101 Å². The van der Waals surface area contributed by atoms with Crippen molar-refractivity contribution in [2.45, 2.75) is 17.6 Å². The number of aryl methyl sites for hydroxylation is 1. The fourth-order valence-corrected chi connectivity index (χ4v) is 4.00. The van der Waals surface area contributed by atoms with Gasteiger partial charge in [0.1, 0.15) is 9.97 Å². The molecule has 0 radical (unpaired) electrons. The molecule has 2 heterocycles. The van der Waals surface area contributed by atoms with E-state index in [0.717, 1.165) is 11.3 Å². The molecule has 2 rings (SSSR count). The highest BCUT2D eigenvalue weighted by molar-refractivity contribution is 7.91. The van der Waals surface area contributed by atoms with Gasteiger partial charge in [0.25, 0.3) is 0 Å². The lowest BCUT2D eigenvalue weighted by Crippen LogP contribution is -2.27. The molecule has 0 saturated heterocycles. The molecule has 0 aromatic carbocycles. The first-order chi connectivity index (χ1) is 9.87. The summed E-state index contributed by atoms with van der Waals surface area (Å²) >= 11 is 6.64. The molecule has 0 fully saturated rings. The highest BCUT2D eigenvalue weighted by atomic mass is 35.5. The maximum absolute atomic E-state index is 11.9. The zero-order valence-corrected chi connectivity index (χ0v) is 13.3. The van der Waals surface area contributed by atoms with Crippen LogP contribution in [0.15, 0.2) is 26.9 Å². The first-order valence-electron chi connectivity index (χ1n) is 5.85. The number of nitrogens with zero attached hydrogens (tertiary/aromatic N) is 1. The monoisotopic (exact) mass is 349 g/mol. The maximum atomic E-state index is 11.9. The molecule has 0 aliphatic carbocycles. The van der Waals surface area contributed by atoms with E-state index in [1.54, 1.807) is 13.0 Å². The SMILES string of the molecule is Cc1cc(NC(=O)CCNS(=O)(=O)c2ccc(Cl)s2)no1. The van der Waals surface area contributed by atoms with Crippen molar-refractivity contribution in [2.75, 3.05) is 11.9 Å². The molecule has 2 aromatic heterocycles. The summed E-state index contributed by atoms with van der Waals surface area (Å²) in [7, 11) is -3.63. The smallest absolute Gasteiger partial charge is 0.250 e. The Kier molecular flexibility index (Phi) is 4.99. The molecule has 0 atom stereocenters. The predicted molar refractivity (Wildman–Crippen MR) is 79.0 cm³/mol. The quantitative estimate of drug-likeness (QED) is 0.830. The number of hydrogen-bond donors (Lipinski definition) is 2. The van der Waals surface area contributed by atoms with Crippen LogP contribution in [0, 0.1) is 6.92 Å². The summed E-state index contributed by atoms with van der Waals surface area (Å²) in [6.07, 6.45) is -0.0236. The summed E-state index contributed by atoms with van der Waals surface area (Å²) in [5.74, 6) is 0.501. The lowest BCUT2D eigenvalue weighted by molar-refractivity contribution is -0.116. The van der Waals surface area contributed by atoms with Gasteiger partial charge in [0.15, 0.2) is 5.82 Å². The number of halogens is 1. The molecule has 21 heavy (non-hydrogen) atoms. The van der Waals surface area contributed by atoms with Crippen molar-refractivity contribution in [3.63, 3.8) is 0 Å². The number of anilines is 1. The van der Waals surface area contributed by atoms with Crippen LogP contribution in [0.4, 0.5) is 5.82 Å². The lowest BCUT2D eigenvalue weighted by Gasteiger charge is -2.04. The minimum atomic E-state index is -3.63. The molecule has 2 N–H and O–H groups in total. The third-order valence-electron chi connectivity index (χ3n) is 2.35. The van der Waals surface area contributed by atoms with Crippen molar-refractivity contribution < 1.29 is 17.7 Å². The Balaban J connectivity index is 1.82. The summed E-state index contributed by atoms with van der Waals surface area (Å²) in [6.45, 7) is 1.67. The number of nitrogens with one attached hydrogen (secondary N) is 2. The molecule has 10 heteroatoms. The van der Waals surface area contributed by atoms with E-state index >= 15 is 0 Å². The van der Waals surface area contributed by atoms with Gasteiger partial charge in [-0.1, -0.05) is 16.8 Å². The van der Waals surface area contributed by atoms with Gasteiger partial charge in [0, 0.05) is 19.0 Å². The van der Waals surface area contributed by atoms with E-state index < -0.39 is 10.0 Å². The fourth-order valence-electron chi connectivity index (χ4n) is 1.44. The molecule has 0 aliphatic heterocycles. The van der Waals surface area contributed by atoms with Gasteiger partial charge in [-0.25, -0.2) is 13.1 Å². The van der Waals surface area contributed by atoms with E-state index in [2.05, 4.69) is 15.2 Å². The van der Waals surface area contributed by atoms with Crippen molar-refractivity contribution in [1.82, 2.24) is 9.88 Å². The van der Waals surface area contributed by atoms with Crippen LogP contribution in [0.2, 0.25) is 4.34 Å². The summed E-state index contributed by atoms with van der Waals surface area (Å²) in [4.78, 5) is 11.6. The van der Waals surface area contributed by atoms with Crippen molar-refractivity contribution in [1.29, 1.82) is 0 Å². The van der Waals surface area contributed by atoms with Crippen LogP contribution < -0.4 is 10.0 Å². The van der Waals surface area contributed by atoms with Gasteiger partial charge < -0.3 is 9.84 Å². The lowest BCUT2D eigenvalue weighted by atomic mass is 10.4. The Labute approximate surface area is 130 Å². The van der Waals surface area contributed by atoms with Crippen LogP contribution in [0.5, 0.6) is 0 Å². The molecule has 0 spiro atoms. The first kappa shape index (κ1) is 16.0. The number of aromatic nitrogens is 1. The van der Waals surface area contributed by atoms with Crippen molar-refractivity contribution in [2.24, 2.45) is 0 Å². The molecule has 114 valence electrons. The average Bonchev–Trinajstić information content (AvgIpc) is 2.98. The number of sulfonamides is 1. The van der Waals surface area contributed by atoms with Gasteiger partial charge in [0.05, 0.1) is 4.34 Å². The van der Waals surface area contributed by atoms with E-state index in [-0.39, 0.29) is 23.1 Å². The molecule has 0 aliphatic rings. The average molecular weight is 350 g/mol. The Morgan fingerprint density at radius 2 is 2.24 bits per heavy atom. The largest absolute Gasteiger partial charge is 0.360 e. The molecule has 2 aromatic rings. The van der Waals surface area contributed by atoms with Crippen LogP contribution in [0.1, 0.15) is 12.2 Å². The summed E-state index contributed by atoms with van der Waals surface area (Å²) in [6, 6.07) is 4.48. The Bertz CT molecular complexity index is 738. The minimum Gasteiger partial charge on any atom is -0.360 e. The van der Waals surface area contributed by atoms with E-state index in [9.17, 15) is 13.2 Å². The summed E-state index contributed by atoms with van der Waals surface area (Å²) in [5, 5.41) is 6.10. The Morgan fingerprint density at radius 1 is 1.48 bits per heavy atom. The van der Waals surface area contributed by atoms with Crippen molar-refractivity contribution in [3.05, 3.63) is 28.3 Å². The Morgan fingerprint density at radius 3 is 2.81 bits per heavy atom. The van der Waals surface area contributed by atoms with E-state index in [4.69, 9.17) is 16.1 Å². The molecular formula is C11H12ClN3O4S2. The third-order valence-corrected chi connectivity index (χ3v) is 5.54. The minimum absolute atomic E-state index is 0.0236. The number of thiophene rings is 1. The molecule has 0 bridgehead atoms. The highest BCUT2D eigenvalue weighted by Gasteiger charge is 2.16. The second-order valence-corrected chi connectivity index (χ2v) is 7.79. The molecule has 1 amide bonds. The van der Waals surface area contributed by atoms with Gasteiger partial charge in [-0.2, -0.15) is 0 Å². The standard InChI is InChI=1S/C11H12ClN3O4S2/c1-7-6-9(15-19-7)14-10(16)4-5-13-21(17,18)11-3-2-8(12)20-11/h2-3,6,13H,4-5H2,1H3,(H,14,15,16). The Hall–Kier alpha value is -1.42. The molecular weight excluding hydrogens is 338 g/mol. The summed E-state index contributed by atoms with van der Waals surface area (Å²) < 4.78 is 31.4. The third kappa shape index (κ3) is 4.53. The zero-order chi connectivity index (χ0) is 15.5. The number of carbonyl (C=O) groups excluding carboxylic acids is 1. The van der Waals surface area contributed by atoms with E-state index in [1.807, 2.05) is 0 Å². The first-order valence-corrected chi connectivity index (χ1v) is 8.53. The molecule has 7 nitrogen and oxygen atoms in total. The zero-order valence-electron chi connectivity index (χ0n) is 10.9. The number of amides is 1. The van der Waals surface area contributed by atoms with Gasteiger partial charge in [-0.3, -0.25) is 4.79 Å². The number of rotatable bonds is 6. The molecule has 0 saturated carbocycles. The van der Waals surface area contributed by atoms with Crippen LogP contribution in [-0.2, 0) is 14.8 Å². The van der Waals surface area contributed by atoms with Crippen LogP contribution in [-0.4, -0.2) is 26.0 Å². The van der Waals surface area contributed by atoms with Crippen molar-refractivity contribution >= 4 is 44.7 Å². The van der Waals surface area contributed by atoms with E-state index in [1.165, 1.54) is 12.1 Å². The highest BCUT2D eigenvalue weighted by Crippen LogP contribution is 2.25. The second kappa shape index (κ2) is 6.56. The summed E-state index contributed by atoms with van der Waals surface area (Å²) in [5.41, 5.74) is 0. The fraction of sp³-hybridized carbons (Fsp3) is 0.273. The van der Waals surface area contributed by atoms with E-state index in [0.29, 0.717) is 15.9 Å². The van der Waals surface area contributed by atoms with Crippen LogP contribution >= 0.6 is 22.9 Å². The number of carbonyl (C=O) groups is 1. The molecule has 0 unspecified atom stereocenters. The predicted octanol–water partition coefficient (Wildman–Crippen LogP) is 2.01. The van der Waals surface area contributed by atoms with Crippen LogP contribution in [0.3, 0.4) is 0 Å². The van der Waals surface area contributed by atoms with Gasteiger partial charge >= 0.3 is 0 Å². The van der Waals surface area contributed by atoms with Gasteiger partial charge in [-0.05, 0) is 19.1 Å². The van der Waals surface area contributed by atoms with Crippen LogP contribution in [0.25, 0.3) is 0 Å². The number of hydrogen-bond acceptors (Lipinski definition) is 6. The van der Waals surface area contributed by atoms with Gasteiger partial charge in [-0.15, -0.1) is 11.3 Å². The van der Waals surface area contributed by atoms with Gasteiger partial charge in [0.2, 0.25) is 15.9 Å².